The largest absolute Gasteiger partial charge is 0.466 e. The molecule has 1 saturated heterocycles. The van der Waals surface area contributed by atoms with Crippen molar-refractivity contribution in [2.24, 2.45) is 5.11 Å². The van der Waals surface area contributed by atoms with Gasteiger partial charge in [-0.2, -0.15) is 0 Å². The van der Waals surface area contributed by atoms with Gasteiger partial charge < -0.3 is 9.64 Å². The van der Waals surface area contributed by atoms with Crippen LogP contribution in [0, 0.1) is 0 Å². The molecular weight excluding hydrogens is 320 g/mol. The average Bonchev–Trinajstić information content (AvgIpc) is 2.62. The summed E-state index contributed by atoms with van der Waals surface area (Å²) in [7, 11) is 0. The van der Waals surface area contributed by atoms with Gasteiger partial charge in [0.25, 0.3) is 0 Å². The molecule has 0 bridgehead atoms. The Morgan fingerprint density at radius 1 is 1.40 bits per heavy atom. The molecule has 1 amide bonds. The van der Waals surface area contributed by atoms with Crippen LogP contribution in [0.5, 0.6) is 0 Å². The second-order valence-corrected chi connectivity index (χ2v) is 5.69. The lowest BCUT2D eigenvalue weighted by Crippen LogP contribution is -2.66. The van der Waals surface area contributed by atoms with Crippen molar-refractivity contribution in [1.29, 1.82) is 0 Å². The molecule has 1 aromatic rings. The van der Waals surface area contributed by atoms with Crippen LogP contribution in [0.2, 0.25) is 0 Å². The lowest BCUT2D eigenvalue weighted by atomic mass is 9.75. The number of hydrogen-bond acceptors (Lipinski definition) is 4. The summed E-state index contributed by atoms with van der Waals surface area (Å²) in [6.45, 7) is 4.21. The van der Waals surface area contributed by atoms with Crippen LogP contribution in [0.1, 0.15) is 38.3 Å². The van der Waals surface area contributed by atoms with Gasteiger partial charge in [0.1, 0.15) is 0 Å². The van der Waals surface area contributed by atoms with E-state index in [9.17, 15) is 9.59 Å². The van der Waals surface area contributed by atoms with Crippen molar-refractivity contribution in [2.45, 2.75) is 38.3 Å². The zero-order chi connectivity index (χ0) is 18.3. The summed E-state index contributed by atoms with van der Waals surface area (Å²) in [6, 6.07) is 8.95. The Balaban J connectivity index is 2.34. The van der Waals surface area contributed by atoms with Crippen molar-refractivity contribution >= 4 is 11.9 Å². The molecule has 1 fully saturated rings. The number of esters is 1. The highest BCUT2D eigenvalue weighted by Gasteiger charge is 2.59. The Bertz CT molecular complexity index is 698. The molecule has 1 aromatic carbocycles. The van der Waals surface area contributed by atoms with Crippen molar-refractivity contribution in [3.63, 3.8) is 0 Å². The van der Waals surface area contributed by atoms with Crippen LogP contribution in [-0.4, -0.2) is 35.5 Å². The third-order valence-corrected chi connectivity index (χ3v) is 4.13. The maximum absolute atomic E-state index is 12.8. The highest BCUT2D eigenvalue weighted by Crippen LogP contribution is 2.47. The zero-order valence-corrected chi connectivity index (χ0v) is 14.5. The first-order valence-corrected chi connectivity index (χ1v) is 8.36. The summed E-state index contributed by atoms with van der Waals surface area (Å²) < 4.78 is 4.93. The van der Waals surface area contributed by atoms with Crippen LogP contribution >= 0.6 is 0 Å². The normalized spacial score (nSPS) is 22.4. The summed E-state index contributed by atoms with van der Waals surface area (Å²) >= 11 is 0. The highest BCUT2D eigenvalue weighted by molar-refractivity contribution is 5.97. The van der Waals surface area contributed by atoms with Gasteiger partial charge in [0.05, 0.1) is 19.1 Å². The molecule has 1 heterocycles. The Labute approximate surface area is 146 Å². The molecule has 0 radical (unpaired) electrons. The summed E-state index contributed by atoms with van der Waals surface area (Å²) in [5.41, 5.74) is 8.59. The van der Waals surface area contributed by atoms with Gasteiger partial charge in [-0.1, -0.05) is 54.5 Å². The van der Waals surface area contributed by atoms with Gasteiger partial charge in [-0.3, -0.25) is 9.59 Å². The first-order chi connectivity index (χ1) is 12.1. The third-order valence-electron chi connectivity index (χ3n) is 4.13. The number of rotatable bonds is 8. The maximum atomic E-state index is 12.8. The lowest BCUT2D eigenvalue weighted by Gasteiger charge is -2.52. The second kappa shape index (κ2) is 8.35. The number of nitrogens with zero attached hydrogens (tertiary/aromatic N) is 4. The predicted octanol–water partition coefficient (Wildman–Crippen LogP) is 3.54. The van der Waals surface area contributed by atoms with Gasteiger partial charge in [0.15, 0.2) is 5.54 Å². The molecule has 0 saturated carbocycles. The van der Waals surface area contributed by atoms with Gasteiger partial charge in [-0.15, -0.1) is 0 Å². The van der Waals surface area contributed by atoms with Crippen molar-refractivity contribution < 1.29 is 14.3 Å². The van der Waals surface area contributed by atoms with E-state index >= 15 is 0 Å². The standard InChI is InChI=1S/C18H22N4O3/c1-3-5-12-18(20-21-19)16(14-9-7-6-8-10-14)22(17(18)24)13-11-15(23)25-4-2/h5-10,12,16H,3-4,11,13H2,1-2H3/b12-5+/t16-,18-/m0/s1. The number of hydrogen-bond donors (Lipinski definition) is 0. The average molecular weight is 342 g/mol. The van der Waals surface area contributed by atoms with E-state index in [1.807, 2.05) is 43.3 Å². The quantitative estimate of drug-likeness (QED) is 0.180. The van der Waals surface area contributed by atoms with E-state index in [-0.39, 0.29) is 24.8 Å². The van der Waals surface area contributed by atoms with E-state index in [0.29, 0.717) is 6.61 Å². The monoisotopic (exact) mass is 342 g/mol. The number of β-lactam (4-membered cyclic amide) rings is 1. The van der Waals surface area contributed by atoms with E-state index in [1.165, 1.54) is 0 Å². The fourth-order valence-electron chi connectivity index (χ4n) is 3.05. The number of amides is 1. The zero-order valence-electron chi connectivity index (χ0n) is 14.5. The summed E-state index contributed by atoms with van der Waals surface area (Å²) in [6.07, 6.45) is 4.33. The van der Waals surface area contributed by atoms with E-state index in [1.54, 1.807) is 17.9 Å². The molecule has 0 N–H and O–H groups in total. The van der Waals surface area contributed by atoms with Gasteiger partial charge in [-0.25, -0.2) is 0 Å². The Morgan fingerprint density at radius 3 is 2.72 bits per heavy atom. The van der Waals surface area contributed by atoms with E-state index < -0.39 is 11.6 Å². The smallest absolute Gasteiger partial charge is 0.307 e. The maximum Gasteiger partial charge on any atom is 0.307 e. The van der Waals surface area contributed by atoms with Crippen LogP contribution in [0.3, 0.4) is 0 Å². The number of carbonyl (C=O) groups excluding carboxylic acids is 2. The van der Waals surface area contributed by atoms with Crippen LogP contribution < -0.4 is 0 Å². The van der Waals surface area contributed by atoms with Crippen molar-refractivity contribution in [2.75, 3.05) is 13.2 Å². The molecule has 7 heteroatoms. The highest BCUT2D eigenvalue weighted by atomic mass is 16.5. The first kappa shape index (κ1) is 18.5. The number of azide groups is 1. The van der Waals surface area contributed by atoms with Gasteiger partial charge in [0, 0.05) is 11.5 Å². The van der Waals surface area contributed by atoms with E-state index in [2.05, 4.69) is 10.0 Å². The minimum atomic E-state index is -1.28. The SMILES string of the molecule is CC/C=C/[C@@]1(N=[N+]=[N-])C(=O)N(CCC(=O)OCC)[C@H]1c1ccccc1. The van der Waals surface area contributed by atoms with Crippen LogP contribution in [0.4, 0.5) is 0 Å². The number of allylic oxidation sites excluding steroid dienone is 1. The molecule has 0 spiro atoms. The second-order valence-electron chi connectivity index (χ2n) is 5.69. The molecule has 0 aliphatic carbocycles. The summed E-state index contributed by atoms with van der Waals surface area (Å²) in [5, 5.41) is 3.84. The molecule has 25 heavy (non-hydrogen) atoms. The van der Waals surface area contributed by atoms with Gasteiger partial charge >= 0.3 is 5.97 Å². The molecule has 2 atom stereocenters. The van der Waals surface area contributed by atoms with Crippen molar-refractivity contribution in [3.05, 3.63) is 58.5 Å². The van der Waals surface area contributed by atoms with Crippen LogP contribution in [0.15, 0.2) is 47.6 Å². The molecule has 0 unspecified atom stereocenters. The molecule has 132 valence electrons. The fourth-order valence-corrected chi connectivity index (χ4v) is 3.05. The molecular formula is C18H22N4O3. The van der Waals surface area contributed by atoms with Crippen molar-refractivity contribution in [3.8, 4) is 0 Å². The van der Waals surface area contributed by atoms with E-state index in [0.717, 1.165) is 12.0 Å². The van der Waals surface area contributed by atoms with Crippen molar-refractivity contribution in [1.82, 2.24) is 4.90 Å². The molecule has 0 aromatic heterocycles. The van der Waals surface area contributed by atoms with Gasteiger partial charge in [0.2, 0.25) is 5.91 Å². The Hall–Kier alpha value is -2.79. The molecule has 1 aliphatic rings. The fraction of sp³-hybridized carbons (Fsp3) is 0.444. The minimum Gasteiger partial charge on any atom is -0.466 e. The number of carbonyl (C=O) groups is 2. The Morgan fingerprint density at radius 2 is 2.12 bits per heavy atom. The van der Waals surface area contributed by atoms with E-state index in [4.69, 9.17) is 10.3 Å². The molecule has 1 aliphatic heterocycles. The molecule has 7 nitrogen and oxygen atoms in total. The third kappa shape index (κ3) is 3.67. The predicted molar refractivity (Wildman–Crippen MR) is 93.5 cm³/mol. The topological polar surface area (TPSA) is 95.4 Å². The summed E-state index contributed by atoms with van der Waals surface area (Å²) in [4.78, 5) is 28.9. The lowest BCUT2D eigenvalue weighted by molar-refractivity contribution is -0.158. The minimum absolute atomic E-state index is 0.104. The summed E-state index contributed by atoms with van der Waals surface area (Å²) in [5.74, 6) is -0.652. The van der Waals surface area contributed by atoms with Crippen LogP contribution in [0.25, 0.3) is 10.4 Å². The number of likely N-dealkylation sites (tertiary alicyclic amines) is 1. The van der Waals surface area contributed by atoms with Crippen LogP contribution in [-0.2, 0) is 14.3 Å². The number of ether oxygens (including phenoxy) is 1. The van der Waals surface area contributed by atoms with Gasteiger partial charge in [-0.05, 0) is 24.4 Å². The molecule has 2 rings (SSSR count). The first-order valence-electron chi connectivity index (χ1n) is 8.36. The number of benzene rings is 1. The Kier molecular flexibility index (Phi) is 6.19.